The maximum absolute atomic E-state index is 13.6. The van der Waals surface area contributed by atoms with Gasteiger partial charge in [0.1, 0.15) is 6.04 Å². The van der Waals surface area contributed by atoms with E-state index in [-0.39, 0.29) is 30.2 Å². The number of amides is 2. The van der Waals surface area contributed by atoms with Crippen molar-refractivity contribution >= 4 is 46.8 Å². The van der Waals surface area contributed by atoms with Gasteiger partial charge in [-0.25, -0.2) is 0 Å². The average Bonchev–Trinajstić information content (AvgIpc) is 2.87. The summed E-state index contributed by atoms with van der Waals surface area (Å²) in [5.74, 6) is -0.0702. The molecule has 2 amide bonds. The van der Waals surface area contributed by atoms with Crippen LogP contribution in [-0.2, 0) is 22.6 Å². The number of hydrogen-bond acceptors (Lipinski definition) is 3. The molecule has 35 heavy (non-hydrogen) atoms. The first-order valence-corrected chi connectivity index (χ1v) is 13.4. The van der Waals surface area contributed by atoms with Gasteiger partial charge in [-0.3, -0.25) is 9.59 Å². The summed E-state index contributed by atoms with van der Waals surface area (Å²) >= 11 is 13.8. The van der Waals surface area contributed by atoms with Gasteiger partial charge in [-0.1, -0.05) is 84.7 Å². The van der Waals surface area contributed by atoms with E-state index in [2.05, 4.69) is 5.32 Å². The predicted molar refractivity (Wildman–Crippen MR) is 146 cm³/mol. The summed E-state index contributed by atoms with van der Waals surface area (Å²) in [6, 6.07) is 24.2. The fraction of sp³-hybridized carbons (Fsp3) is 0.286. The molecule has 0 aliphatic carbocycles. The summed E-state index contributed by atoms with van der Waals surface area (Å²) in [4.78, 5) is 29.8. The molecule has 7 heteroatoms. The maximum Gasteiger partial charge on any atom is 0.243 e. The number of benzene rings is 3. The highest BCUT2D eigenvalue weighted by Crippen LogP contribution is 2.25. The molecule has 0 unspecified atom stereocenters. The molecule has 184 valence electrons. The van der Waals surface area contributed by atoms with Gasteiger partial charge >= 0.3 is 0 Å². The minimum absolute atomic E-state index is 0.00129. The van der Waals surface area contributed by atoms with E-state index in [4.69, 9.17) is 23.2 Å². The Bertz CT molecular complexity index is 1110. The van der Waals surface area contributed by atoms with Crippen molar-refractivity contribution in [2.75, 3.05) is 5.75 Å². The van der Waals surface area contributed by atoms with Gasteiger partial charge < -0.3 is 10.2 Å². The minimum Gasteiger partial charge on any atom is -0.352 e. The van der Waals surface area contributed by atoms with Crippen molar-refractivity contribution in [1.29, 1.82) is 0 Å². The second-order valence-electron chi connectivity index (χ2n) is 8.40. The number of thioether (sulfide) groups is 1. The number of rotatable bonds is 11. The first kappa shape index (κ1) is 27.1. The van der Waals surface area contributed by atoms with Crippen LogP contribution in [0.4, 0.5) is 0 Å². The van der Waals surface area contributed by atoms with E-state index in [1.807, 2.05) is 80.6 Å². The highest BCUT2D eigenvalue weighted by Gasteiger charge is 2.31. The third kappa shape index (κ3) is 8.31. The van der Waals surface area contributed by atoms with E-state index < -0.39 is 6.04 Å². The molecule has 0 fully saturated rings. The number of hydrogen-bond donors (Lipinski definition) is 1. The first-order chi connectivity index (χ1) is 16.9. The van der Waals surface area contributed by atoms with E-state index in [0.717, 1.165) is 22.4 Å². The van der Waals surface area contributed by atoms with Gasteiger partial charge in [-0.05, 0) is 48.7 Å². The first-order valence-electron chi connectivity index (χ1n) is 11.6. The van der Waals surface area contributed by atoms with E-state index in [0.29, 0.717) is 16.5 Å². The smallest absolute Gasteiger partial charge is 0.243 e. The van der Waals surface area contributed by atoms with E-state index in [1.165, 1.54) is 11.8 Å². The fourth-order valence-electron chi connectivity index (χ4n) is 3.57. The van der Waals surface area contributed by atoms with Crippen molar-refractivity contribution in [2.24, 2.45) is 0 Å². The van der Waals surface area contributed by atoms with Crippen LogP contribution in [0.3, 0.4) is 0 Å². The summed E-state index contributed by atoms with van der Waals surface area (Å²) in [7, 11) is 0. The predicted octanol–water partition coefficient (Wildman–Crippen LogP) is 6.64. The Labute approximate surface area is 222 Å². The summed E-state index contributed by atoms with van der Waals surface area (Å²) < 4.78 is 0. The summed E-state index contributed by atoms with van der Waals surface area (Å²) in [5.41, 5.74) is 1.80. The van der Waals surface area contributed by atoms with Gasteiger partial charge in [0.15, 0.2) is 0 Å². The largest absolute Gasteiger partial charge is 0.352 e. The number of nitrogens with one attached hydrogen (secondary N) is 1. The molecule has 4 nitrogen and oxygen atoms in total. The molecular formula is C28H30Cl2N2O2S. The second kappa shape index (κ2) is 13.6. The Morgan fingerprint density at radius 1 is 0.914 bits per heavy atom. The molecular weight excluding hydrogens is 499 g/mol. The average molecular weight is 530 g/mol. The Morgan fingerprint density at radius 3 is 2.20 bits per heavy atom. The van der Waals surface area contributed by atoms with Crippen LogP contribution in [0.1, 0.15) is 31.4 Å². The maximum atomic E-state index is 13.6. The van der Waals surface area contributed by atoms with Crippen LogP contribution in [0, 0.1) is 0 Å². The molecule has 0 saturated heterocycles. The lowest BCUT2D eigenvalue weighted by atomic mass is 10.0. The Hall–Kier alpha value is -2.47. The fourth-order valence-corrected chi connectivity index (χ4v) is 4.70. The molecule has 2 atom stereocenters. The highest BCUT2D eigenvalue weighted by atomic mass is 35.5. The molecule has 0 saturated carbocycles. The van der Waals surface area contributed by atoms with E-state index in [1.54, 1.807) is 17.0 Å². The van der Waals surface area contributed by atoms with Crippen molar-refractivity contribution in [3.63, 3.8) is 0 Å². The van der Waals surface area contributed by atoms with Crippen LogP contribution in [0.25, 0.3) is 0 Å². The molecule has 0 radical (unpaired) electrons. The van der Waals surface area contributed by atoms with Crippen LogP contribution in [0.2, 0.25) is 10.0 Å². The van der Waals surface area contributed by atoms with Crippen molar-refractivity contribution in [3.05, 3.63) is 100 Å². The molecule has 3 rings (SSSR count). The highest BCUT2D eigenvalue weighted by molar-refractivity contribution is 8.00. The van der Waals surface area contributed by atoms with Crippen LogP contribution in [0.5, 0.6) is 0 Å². The molecule has 3 aromatic rings. The third-order valence-corrected chi connectivity index (χ3v) is 7.45. The Morgan fingerprint density at radius 2 is 1.57 bits per heavy atom. The summed E-state index contributed by atoms with van der Waals surface area (Å²) in [6.07, 6.45) is 1.21. The lowest BCUT2D eigenvalue weighted by molar-refractivity contribution is -0.139. The monoisotopic (exact) mass is 528 g/mol. The SMILES string of the molecule is CC[C@H](C)NC(=O)[C@H](Cc1ccccc1)N(Cc1ccc(Cl)c(Cl)c1)C(=O)CSc1ccccc1. The second-order valence-corrected chi connectivity index (χ2v) is 10.3. The van der Waals surface area contributed by atoms with Gasteiger partial charge in [-0.15, -0.1) is 11.8 Å². The van der Waals surface area contributed by atoms with Gasteiger partial charge in [0.05, 0.1) is 15.8 Å². The Kier molecular flexibility index (Phi) is 10.5. The molecule has 0 bridgehead atoms. The van der Waals surface area contributed by atoms with Crippen LogP contribution < -0.4 is 5.32 Å². The summed E-state index contributed by atoms with van der Waals surface area (Å²) in [6.45, 7) is 4.23. The van der Waals surface area contributed by atoms with Crippen molar-refractivity contribution in [3.8, 4) is 0 Å². The minimum atomic E-state index is -0.676. The number of halogens is 2. The third-order valence-electron chi connectivity index (χ3n) is 5.71. The topological polar surface area (TPSA) is 49.4 Å². The van der Waals surface area contributed by atoms with Gasteiger partial charge in [0.25, 0.3) is 0 Å². The normalized spacial score (nSPS) is 12.6. The molecule has 3 aromatic carbocycles. The van der Waals surface area contributed by atoms with Gasteiger partial charge in [0, 0.05) is 23.9 Å². The summed E-state index contributed by atoms with van der Waals surface area (Å²) in [5, 5.41) is 3.94. The molecule has 0 aliphatic rings. The number of carbonyl (C=O) groups excluding carboxylic acids is 2. The molecule has 0 heterocycles. The van der Waals surface area contributed by atoms with Crippen LogP contribution in [0.15, 0.2) is 83.8 Å². The standard InChI is InChI=1S/C28H30Cl2N2O2S/c1-3-20(2)31-28(34)26(17-21-10-6-4-7-11-21)32(18-22-14-15-24(29)25(30)16-22)27(33)19-35-23-12-8-5-9-13-23/h4-16,20,26H,3,17-19H2,1-2H3,(H,31,34)/t20-,26-/m0/s1. The Balaban J connectivity index is 1.93. The molecule has 0 aromatic heterocycles. The molecule has 0 spiro atoms. The molecule has 1 N–H and O–H groups in total. The number of carbonyl (C=O) groups is 2. The zero-order valence-corrected chi connectivity index (χ0v) is 22.2. The lowest BCUT2D eigenvalue weighted by Crippen LogP contribution is -2.52. The van der Waals surface area contributed by atoms with E-state index >= 15 is 0 Å². The molecule has 0 aliphatic heterocycles. The number of nitrogens with zero attached hydrogens (tertiary/aromatic N) is 1. The zero-order valence-electron chi connectivity index (χ0n) is 19.9. The van der Waals surface area contributed by atoms with Crippen LogP contribution >= 0.6 is 35.0 Å². The van der Waals surface area contributed by atoms with Crippen LogP contribution in [-0.4, -0.2) is 34.6 Å². The van der Waals surface area contributed by atoms with Crippen molar-refractivity contribution < 1.29 is 9.59 Å². The van der Waals surface area contributed by atoms with E-state index in [9.17, 15) is 9.59 Å². The van der Waals surface area contributed by atoms with Gasteiger partial charge in [-0.2, -0.15) is 0 Å². The lowest BCUT2D eigenvalue weighted by Gasteiger charge is -2.32. The van der Waals surface area contributed by atoms with Gasteiger partial charge in [0.2, 0.25) is 11.8 Å². The van der Waals surface area contributed by atoms with Crippen molar-refractivity contribution in [2.45, 2.75) is 50.2 Å². The quantitative estimate of drug-likeness (QED) is 0.283. The zero-order chi connectivity index (χ0) is 25.2. The van der Waals surface area contributed by atoms with Crippen molar-refractivity contribution in [1.82, 2.24) is 10.2 Å².